The first kappa shape index (κ1) is 13.9. The highest BCUT2D eigenvalue weighted by Gasteiger charge is 2.00. The van der Waals surface area contributed by atoms with Crippen LogP contribution >= 0.6 is 0 Å². The van der Waals surface area contributed by atoms with E-state index in [1.807, 2.05) is 26.0 Å². The number of carbonyl (C=O) groups excluding carboxylic acids is 1. The Hall–Kier alpha value is -1.11. The Morgan fingerprint density at radius 1 is 1.13 bits per heavy atom. The van der Waals surface area contributed by atoms with Crippen LogP contribution in [0.5, 0.6) is 0 Å². The second-order valence-corrected chi connectivity index (χ2v) is 3.78. The van der Waals surface area contributed by atoms with E-state index in [1.165, 1.54) is 5.56 Å². The van der Waals surface area contributed by atoms with E-state index < -0.39 is 0 Å². The highest BCUT2D eigenvalue weighted by atomic mass is 16.1. The van der Waals surface area contributed by atoms with Crippen molar-refractivity contribution in [2.24, 2.45) is 0 Å². The largest absolute Gasteiger partial charge is 0.300 e. The van der Waals surface area contributed by atoms with E-state index in [2.05, 4.69) is 26.0 Å². The maximum atomic E-state index is 10.8. The Morgan fingerprint density at radius 2 is 1.60 bits per heavy atom. The summed E-state index contributed by atoms with van der Waals surface area (Å²) in [7, 11) is 0. The maximum Gasteiger partial charge on any atom is 0.134 e. The number of ketones is 1. The highest BCUT2D eigenvalue weighted by molar-refractivity contribution is 5.78. The molecule has 0 aliphatic carbocycles. The lowest BCUT2D eigenvalue weighted by Crippen LogP contribution is -1.96. The van der Waals surface area contributed by atoms with Crippen molar-refractivity contribution in [2.45, 2.75) is 47.0 Å². The van der Waals surface area contributed by atoms with Gasteiger partial charge in [0.05, 0.1) is 0 Å². The van der Waals surface area contributed by atoms with E-state index in [0.717, 1.165) is 5.56 Å². The summed E-state index contributed by atoms with van der Waals surface area (Å²) in [5, 5.41) is 0. The molecule has 0 radical (unpaired) electrons. The van der Waals surface area contributed by atoms with Crippen LogP contribution in [-0.2, 0) is 11.2 Å². The fourth-order valence-corrected chi connectivity index (χ4v) is 1.31. The Labute approximate surface area is 93.5 Å². The molecule has 0 saturated carbocycles. The molecule has 0 spiro atoms. The standard InChI is InChI=1S/C12H16O.C2H6/c1-9(2)12-6-4-11(5-7-12)8-10(3)13;1-2/h4-7,9H,8H2,1-3H3;1-2H3. The lowest BCUT2D eigenvalue weighted by molar-refractivity contribution is -0.116. The second kappa shape index (κ2) is 7.22. The van der Waals surface area contributed by atoms with E-state index in [1.54, 1.807) is 6.92 Å². The van der Waals surface area contributed by atoms with Crippen molar-refractivity contribution in [3.8, 4) is 0 Å². The Bertz CT molecular complexity index is 283. The Morgan fingerprint density at radius 3 is 1.93 bits per heavy atom. The van der Waals surface area contributed by atoms with E-state index in [-0.39, 0.29) is 5.78 Å². The summed E-state index contributed by atoms with van der Waals surface area (Å²) in [6.07, 6.45) is 0.554. The summed E-state index contributed by atoms with van der Waals surface area (Å²) >= 11 is 0. The summed E-state index contributed by atoms with van der Waals surface area (Å²) < 4.78 is 0. The van der Waals surface area contributed by atoms with Crippen LogP contribution in [0.3, 0.4) is 0 Å². The summed E-state index contributed by atoms with van der Waals surface area (Å²) in [5.74, 6) is 0.781. The molecule has 1 heteroatoms. The van der Waals surface area contributed by atoms with Crippen LogP contribution in [0.15, 0.2) is 24.3 Å². The van der Waals surface area contributed by atoms with Gasteiger partial charge in [-0.25, -0.2) is 0 Å². The third-order valence-corrected chi connectivity index (χ3v) is 2.10. The van der Waals surface area contributed by atoms with E-state index in [4.69, 9.17) is 0 Å². The summed E-state index contributed by atoms with van der Waals surface area (Å²) in [6, 6.07) is 8.28. The molecule has 0 heterocycles. The first-order valence-electron chi connectivity index (χ1n) is 5.68. The van der Waals surface area contributed by atoms with Crippen molar-refractivity contribution in [3.05, 3.63) is 35.4 Å². The molecule has 0 atom stereocenters. The fraction of sp³-hybridized carbons (Fsp3) is 0.500. The predicted octanol–water partition coefficient (Wildman–Crippen LogP) is 3.97. The minimum Gasteiger partial charge on any atom is -0.300 e. The molecular weight excluding hydrogens is 184 g/mol. The number of hydrogen-bond donors (Lipinski definition) is 0. The SMILES string of the molecule is CC.CC(=O)Cc1ccc(C(C)C)cc1. The van der Waals surface area contributed by atoms with Gasteiger partial charge in [0.2, 0.25) is 0 Å². The predicted molar refractivity (Wildman–Crippen MR) is 66.3 cm³/mol. The topological polar surface area (TPSA) is 17.1 Å². The van der Waals surface area contributed by atoms with Gasteiger partial charge in [0, 0.05) is 6.42 Å². The molecule has 0 saturated heterocycles. The minimum atomic E-state index is 0.220. The molecule has 0 aliphatic rings. The van der Waals surface area contributed by atoms with Gasteiger partial charge in [-0.2, -0.15) is 0 Å². The zero-order valence-electron chi connectivity index (χ0n) is 10.5. The third-order valence-electron chi connectivity index (χ3n) is 2.10. The number of rotatable bonds is 3. The van der Waals surface area contributed by atoms with Crippen LogP contribution in [-0.4, -0.2) is 5.78 Å². The van der Waals surface area contributed by atoms with Crippen molar-refractivity contribution in [1.29, 1.82) is 0 Å². The van der Waals surface area contributed by atoms with Crippen LogP contribution in [0, 0.1) is 0 Å². The quantitative estimate of drug-likeness (QED) is 0.731. The van der Waals surface area contributed by atoms with Crippen molar-refractivity contribution < 1.29 is 4.79 Å². The number of benzene rings is 1. The van der Waals surface area contributed by atoms with Gasteiger partial charge in [0.25, 0.3) is 0 Å². The minimum absolute atomic E-state index is 0.220. The van der Waals surface area contributed by atoms with Gasteiger partial charge in [-0.05, 0) is 24.0 Å². The zero-order chi connectivity index (χ0) is 11.8. The number of carbonyl (C=O) groups is 1. The second-order valence-electron chi connectivity index (χ2n) is 3.78. The van der Waals surface area contributed by atoms with Crippen LogP contribution in [0.1, 0.15) is 51.7 Å². The molecule has 0 N–H and O–H groups in total. The van der Waals surface area contributed by atoms with Crippen LogP contribution in [0.4, 0.5) is 0 Å². The van der Waals surface area contributed by atoms with Gasteiger partial charge >= 0.3 is 0 Å². The molecule has 15 heavy (non-hydrogen) atoms. The number of Topliss-reactive ketones (excluding diaryl/α,β-unsaturated/α-hetero) is 1. The normalized spacial score (nSPS) is 9.47. The lowest BCUT2D eigenvalue weighted by Gasteiger charge is -2.05. The molecule has 1 aromatic rings. The first-order valence-corrected chi connectivity index (χ1v) is 5.68. The van der Waals surface area contributed by atoms with Crippen LogP contribution in [0.25, 0.3) is 0 Å². The molecule has 1 aromatic carbocycles. The molecule has 0 aliphatic heterocycles. The van der Waals surface area contributed by atoms with E-state index in [9.17, 15) is 4.79 Å². The molecule has 0 bridgehead atoms. The molecule has 84 valence electrons. The monoisotopic (exact) mass is 206 g/mol. The highest BCUT2D eigenvalue weighted by Crippen LogP contribution is 2.14. The fourth-order valence-electron chi connectivity index (χ4n) is 1.31. The summed E-state index contributed by atoms with van der Waals surface area (Å²) in [5.41, 5.74) is 2.43. The van der Waals surface area contributed by atoms with Crippen LogP contribution < -0.4 is 0 Å². The van der Waals surface area contributed by atoms with Crippen molar-refractivity contribution in [2.75, 3.05) is 0 Å². The van der Waals surface area contributed by atoms with Gasteiger partial charge in [0.1, 0.15) is 5.78 Å². The number of hydrogen-bond acceptors (Lipinski definition) is 1. The molecule has 1 rings (SSSR count). The van der Waals surface area contributed by atoms with Gasteiger partial charge in [0.15, 0.2) is 0 Å². The van der Waals surface area contributed by atoms with E-state index >= 15 is 0 Å². The average molecular weight is 206 g/mol. The Kier molecular flexibility index (Phi) is 6.68. The maximum absolute atomic E-state index is 10.8. The average Bonchev–Trinajstić information content (AvgIpc) is 2.20. The van der Waals surface area contributed by atoms with Crippen molar-refractivity contribution >= 4 is 5.78 Å². The van der Waals surface area contributed by atoms with Gasteiger partial charge < -0.3 is 0 Å². The summed E-state index contributed by atoms with van der Waals surface area (Å²) in [6.45, 7) is 9.95. The van der Waals surface area contributed by atoms with Crippen molar-refractivity contribution in [1.82, 2.24) is 0 Å². The summed E-state index contributed by atoms with van der Waals surface area (Å²) in [4.78, 5) is 10.8. The smallest absolute Gasteiger partial charge is 0.134 e. The zero-order valence-corrected chi connectivity index (χ0v) is 10.5. The van der Waals surface area contributed by atoms with Crippen LogP contribution in [0.2, 0.25) is 0 Å². The first-order chi connectivity index (χ1) is 7.09. The Balaban J connectivity index is 0.000000921. The lowest BCUT2D eigenvalue weighted by atomic mass is 10.0. The molecule has 1 nitrogen and oxygen atoms in total. The molecule has 0 unspecified atom stereocenters. The molecule has 0 amide bonds. The molecule has 0 aromatic heterocycles. The third kappa shape index (κ3) is 5.36. The van der Waals surface area contributed by atoms with E-state index in [0.29, 0.717) is 12.3 Å². The molecule has 0 fully saturated rings. The van der Waals surface area contributed by atoms with Crippen molar-refractivity contribution in [3.63, 3.8) is 0 Å². The molecular formula is C14H22O. The van der Waals surface area contributed by atoms with Gasteiger partial charge in [-0.15, -0.1) is 0 Å². The van der Waals surface area contributed by atoms with Gasteiger partial charge in [-0.1, -0.05) is 52.0 Å². The van der Waals surface area contributed by atoms with Gasteiger partial charge in [-0.3, -0.25) is 4.79 Å².